The van der Waals surface area contributed by atoms with E-state index in [2.05, 4.69) is 4.72 Å². The molecule has 1 aromatic rings. The Hall–Kier alpha value is -1.60. The van der Waals surface area contributed by atoms with Gasteiger partial charge in [-0.05, 0) is 44.4 Å². The molecule has 116 valence electrons. The van der Waals surface area contributed by atoms with Gasteiger partial charge in [-0.2, -0.15) is 0 Å². The van der Waals surface area contributed by atoms with E-state index in [-0.39, 0.29) is 17.1 Å². The number of carboxylic acids is 1. The summed E-state index contributed by atoms with van der Waals surface area (Å²) in [6, 6.07) is 4.92. The molecular weight excluding hydrogens is 294 g/mol. The number of ether oxygens (including phenoxy) is 1. The van der Waals surface area contributed by atoms with E-state index >= 15 is 0 Å². The number of aliphatic carboxylic acids is 1. The summed E-state index contributed by atoms with van der Waals surface area (Å²) in [6.07, 6.45) is 0.866. The van der Waals surface area contributed by atoms with Gasteiger partial charge in [0, 0.05) is 5.54 Å². The Morgan fingerprint density at radius 2 is 2.10 bits per heavy atom. The minimum absolute atomic E-state index is 0.0565. The second-order valence-corrected chi connectivity index (χ2v) is 6.99. The zero-order chi connectivity index (χ0) is 15.7. The highest BCUT2D eigenvalue weighted by Gasteiger charge is 2.48. The van der Waals surface area contributed by atoms with E-state index in [0.717, 1.165) is 5.56 Å². The smallest absolute Gasteiger partial charge is 0.305 e. The summed E-state index contributed by atoms with van der Waals surface area (Å²) in [5.74, 6) is -0.730. The van der Waals surface area contributed by atoms with Gasteiger partial charge in [-0.3, -0.25) is 4.79 Å². The molecule has 1 aliphatic rings. The van der Waals surface area contributed by atoms with E-state index < -0.39 is 21.5 Å². The van der Waals surface area contributed by atoms with Crippen LogP contribution >= 0.6 is 0 Å². The van der Waals surface area contributed by atoms with Crippen LogP contribution in [0.5, 0.6) is 5.75 Å². The maximum atomic E-state index is 12.5. The van der Waals surface area contributed by atoms with Gasteiger partial charge in [0.2, 0.25) is 10.0 Å². The molecule has 0 unspecified atom stereocenters. The summed E-state index contributed by atoms with van der Waals surface area (Å²) in [6.45, 7) is 3.92. The molecule has 0 amide bonds. The summed E-state index contributed by atoms with van der Waals surface area (Å²) in [5.41, 5.74) is -0.0559. The Balaban J connectivity index is 2.31. The average Bonchev–Trinajstić information content (AvgIpc) is 3.09. The molecular formula is C14H19NO5S. The summed E-state index contributed by atoms with van der Waals surface area (Å²) in [7, 11) is -3.81. The average molecular weight is 313 g/mol. The number of hydrogen-bond donors (Lipinski definition) is 2. The number of carbonyl (C=O) groups is 1. The molecule has 1 fully saturated rings. The van der Waals surface area contributed by atoms with Crippen molar-refractivity contribution in [2.24, 2.45) is 0 Å². The third-order valence-electron chi connectivity index (χ3n) is 3.38. The second kappa shape index (κ2) is 5.65. The van der Waals surface area contributed by atoms with Crippen molar-refractivity contribution in [3.05, 3.63) is 23.8 Å². The van der Waals surface area contributed by atoms with Crippen LogP contribution in [0.1, 0.15) is 31.7 Å². The van der Waals surface area contributed by atoms with E-state index in [1.165, 1.54) is 6.07 Å². The van der Waals surface area contributed by atoms with E-state index in [4.69, 9.17) is 9.84 Å². The molecule has 0 aromatic heterocycles. The quantitative estimate of drug-likeness (QED) is 0.799. The first-order valence-corrected chi connectivity index (χ1v) is 8.25. The van der Waals surface area contributed by atoms with Gasteiger partial charge in [0.1, 0.15) is 10.6 Å². The number of hydrogen-bond acceptors (Lipinski definition) is 4. The van der Waals surface area contributed by atoms with Gasteiger partial charge in [0.15, 0.2) is 0 Å². The summed E-state index contributed by atoms with van der Waals surface area (Å²) < 4.78 is 33.0. The van der Waals surface area contributed by atoms with Crippen molar-refractivity contribution in [2.75, 3.05) is 6.61 Å². The van der Waals surface area contributed by atoms with Crippen LogP contribution < -0.4 is 9.46 Å². The van der Waals surface area contributed by atoms with Crippen molar-refractivity contribution in [1.29, 1.82) is 0 Å². The summed E-state index contributed by atoms with van der Waals surface area (Å²) in [4.78, 5) is 10.9. The molecule has 0 spiro atoms. The van der Waals surface area contributed by atoms with Gasteiger partial charge in [-0.1, -0.05) is 6.07 Å². The van der Waals surface area contributed by atoms with Gasteiger partial charge in [-0.15, -0.1) is 0 Å². The van der Waals surface area contributed by atoms with Gasteiger partial charge in [0.05, 0.1) is 13.0 Å². The Kier molecular flexibility index (Phi) is 4.25. The lowest BCUT2D eigenvalue weighted by Crippen LogP contribution is -2.38. The first-order valence-electron chi connectivity index (χ1n) is 6.77. The Morgan fingerprint density at radius 1 is 1.43 bits per heavy atom. The van der Waals surface area contributed by atoms with Crippen molar-refractivity contribution in [2.45, 2.75) is 43.5 Å². The Labute approximate surface area is 124 Å². The lowest BCUT2D eigenvalue weighted by atomic mass is 10.2. The molecule has 0 heterocycles. The van der Waals surface area contributed by atoms with Gasteiger partial charge < -0.3 is 9.84 Å². The van der Waals surface area contributed by atoms with E-state index in [9.17, 15) is 13.2 Å². The molecule has 0 atom stereocenters. The second-order valence-electron chi connectivity index (χ2n) is 5.34. The van der Waals surface area contributed by atoms with Crippen LogP contribution in [0.2, 0.25) is 0 Å². The third-order valence-corrected chi connectivity index (χ3v) is 4.98. The number of carboxylic acid groups (broad SMARTS) is 1. The predicted molar refractivity (Wildman–Crippen MR) is 76.9 cm³/mol. The molecule has 0 radical (unpaired) electrons. The normalized spacial score (nSPS) is 16.5. The fourth-order valence-electron chi connectivity index (χ4n) is 2.20. The lowest BCUT2D eigenvalue weighted by molar-refractivity contribution is -0.137. The lowest BCUT2D eigenvalue weighted by Gasteiger charge is -2.17. The molecule has 21 heavy (non-hydrogen) atoms. The van der Waals surface area contributed by atoms with E-state index in [1.54, 1.807) is 26.0 Å². The third kappa shape index (κ3) is 3.74. The van der Waals surface area contributed by atoms with Gasteiger partial charge in [0.25, 0.3) is 0 Å². The van der Waals surface area contributed by atoms with E-state index in [1.807, 2.05) is 0 Å². The van der Waals surface area contributed by atoms with Crippen LogP contribution in [0.25, 0.3) is 0 Å². The first-order chi connectivity index (χ1) is 9.78. The van der Waals surface area contributed by atoms with Crippen LogP contribution in [0.15, 0.2) is 23.1 Å². The molecule has 0 saturated heterocycles. The monoisotopic (exact) mass is 313 g/mol. The molecule has 0 bridgehead atoms. The highest BCUT2D eigenvalue weighted by atomic mass is 32.2. The SMILES string of the molecule is CCOc1ccc(C)cc1S(=O)(=O)NC1(CC(=O)O)CC1. The minimum Gasteiger partial charge on any atom is -0.492 e. The first kappa shape index (κ1) is 15.8. The molecule has 2 N–H and O–H groups in total. The van der Waals surface area contributed by atoms with Crippen LogP contribution in [0.4, 0.5) is 0 Å². The molecule has 2 rings (SSSR count). The number of aryl methyl sites for hydroxylation is 1. The fourth-order valence-corrected chi connectivity index (χ4v) is 3.88. The van der Waals surface area contributed by atoms with Crippen LogP contribution in [0.3, 0.4) is 0 Å². The van der Waals surface area contributed by atoms with Crippen molar-refractivity contribution in [1.82, 2.24) is 4.72 Å². The van der Waals surface area contributed by atoms with E-state index in [0.29, 0.717) is 19.4 Å². The Bertz CT molecular complexity index is 649. The maximum absolute atomic E-state index is 12.5. The zero-order valence-electron chi connectivity index (χ0n) is 12.0. The van der Waals surface area contributed by atoms with Crippen molar-refractivity contribution in [3.63, 3.8) is 0 Å². The van der Waals surface area contributed by atoms with Crippen LogP contribution in [0, 0.1) is 6.92 Å². The number of rotatable bonds is 7. The molecule has 1 aliphatic carbocycles. The summed E-state index contributed by atoms with van der Waals surface area (Å²) in [5, 5.41) is 8.88. The van der Waals surface area contributed by atoms with Crippen molar-refractivity contribution >= 4 is 16.0 Å². The number of nitrogens with one attached hydrogen (secondary N) is 1. The highest BCUT2D eigenvalue weighted by Crippen LogP contribution is 2.40. The number of benzene rings is 1. The van der Waals surface area contributed by atoms with Gasteiger partial charge >= 0.3 is 5.97 Å². The highest BCUT2D eigenvalue weighted by molar-refractivity contribution is 7.89. The summed E-state index contributed by atoms with van der Waals surface area (Å²) >= 11 is 0. The predicted octanol–water partition coefficient (Wildman–Crippen LogP) is 1.68. The molecule has 1 saturated carbocycles. The molecule has 0 aliphatic heterocycles. The molecule has 1 aromatic carbocycles. The van der Waals surface area contributed by atoms with Crippen molar-refractivity contribution < 1.29 is 23.1 Å². The fraction of sp³-hybridized carbons (Fsp3) is 0.500. The van der Waals surface area contributed by atoms with Crippen LogP contribution in [-0.2, 0) is 14.8 Å². The Morgan fingerprint density at radius 3 is 2.62 bits per heavy atom. The minimum atomic E-state index is -3.81. The zero-order valence-corrected chi connectivity index (χ0v) is 12.9. The molecule has 6 nitrogen and oxygen atoms in total. The standard InChI is InChI=1S/C14H19NO5S/c1-3-20-11-5-4-10(2)8-12(11)21(18,19)15-14(6-7-14)9-13(16)17/h4-5,8,15H,3,6-7,9H2,1-2H3,(H,16,17). The maximum Gasteiger partial charge on any atom is 0.305 e. The molecule has 7 heteroatoms. The largest absolute Gasteiger partial charge is 0.492 e. The topological polar surface area (TPSA) is 92.7 Å². The van der Waals surface area contributed by atoms with Gasteiger partial charge in [-0.25, -0.2) is 13.1 Å². The number of sulfonamides is 1. The van der Waals surface area contributed by atoms with Crippen molar-refractivity contribution in [3.8, 4) is 5.75 Å². The van der Waals surface area contributed by atoms with Crippen LogP contribution in [-0.4, -0.2) is 31.6 Å².